The van der Waals surface area contributed by atoms with Gasteiger partial charge in [-0.1, -0.05) is 25.7 Å². The van der Waals surface area contributed by atoms with E-state index in [1.54, 1.807) is 0 Å². The van der Waals surface area contributed by atoms with E-state index >= 15 is 0 Å². The molecule has 144 valence electrons. The third-order valence-electron chi connectivity index (χ3n) is 5.45. The standard InChI is InChI=1S/C19H36N4O2/c1-20-19(21-13-8-4-3-5-11-18(24)25-2)22-16-12-14-23(15-16)17-9-6-7-10-17/h16-17H,3-15H2,1-2H3,(H2,20,21,22). The van der Waals surface area contributed by atoms with Gasteiger partial charge in [-0.25, -0.2) is 0 Å². The van der Waals surface area contributed by atoms with Crippen LogP contribution in [0.25, 0.3) is 0 Å². The Morgan fingerprint density at radius 1 is 1.16 bits per heavy atom. The Bertz CT molecular complexity index is 422. The molecule has 2 fully saturated rings. The van der Waals surface area contributed by atoms with Crippen molar-refractivity contribution in [3.63, 3.8) is 0 Å². The van der Waals surface area contributed by atoms with E-state index < -0.39 is 0 Å². The molecule has 0 amide bonds. The first-order valence-electron chi connectivity index (χ1n) is 10.0. The second kappa shape index (κ2) is 11.3. The van der Waals surface area contributed by atoms with Gasteiger partial charge in [-0.2, -0.15) is 0 Å². The Morgan fingerprint density at radius 2 is 1.92 bits per heavy atom. The van der Waals surface area contributed by atoms with Crippen LogP contribution in [-0.4, -0.2) is 62.7 Å². The lowest BCUT2D eigenvalue weighted by Gasteiger charge is -2.24. The van der Waals surface area contributed by atoms with E-state index in [1.807, 2.05) is 7.05 Å². The van der Waals surface area contributed by atoms with E-state index in [0.717, 1.165) is 50.8 Å². The molecule has 0 bridgehead atoms. The van der Waals surface area contributed by atoms with Crippen LogP contribution in [0.2, 0.25) is 0 Å². The zero-order valence-electron chi connectivity index (χ0n) is 16.1. The van der Waals surface area contributed by atoms with E-state index in [2.05, 4.69) is 25.3 Å². The average Bonchev–Trinajstić information content (AvgIpc) is 3.30. The minimum absolute atomic E-state index is 0.106. The van der Waals surface area contributed by atoms with Gasteiger partial charge in [0.25, 0.3) is 0 Å². The minimum Gasteiger partial charge on any atom is -0.469 e. The number of aliphatic imine (C=N–C) groups is 1. The van der Waals surface area contributed by atoms with Crippen molar-refractivity contribution >= 4 is 11.9 Å². The molecule has 6 nitrogen and oxygen atoms in total. The van der Waals surface area contributed by atoms with Crippen LogP contribution in [0.15, 0.2) is 4.99 Å². The summed E-state index contributed by atoms with van der Waals surface area (Å²) in [6.45, 7) is 3.30. The summed E-state index contributed by atoms with van der Waals surface area (Å²) in [6, 6.07) is 1.35. The molecule has 1 aliphatic carbocycles. The molecule has 1 saturated carbocycles. The summed E-state index contributed by atoms with van der Waals surface area (Å²) in [6.07, 6.45) is 11.5. The Morgan fingerprint density at radius 3 is 2.64 bits per heavy atom. The quantitative estimate of drug-likeness (QED) is 0.288. The zero-order valence-corrected chi connectivity index (χ0v) is 16.1. The van der Waals surface area contributed by atoms with Gasteiger partial charge in [0.1, 0.15) is 0 Å². The van der Waals surface area contributed by atoms with Gasteiger partial charge in [0, 0.05) is 45.2 Å². The highest BCUT2D eigenvalue weighted by Gasteiger charge is 2.30. The molecule has 0 spiro atoms. The Kier molecular flexibility index (Phi) is 9.08. The number of hydrogen-bond donors (Lipinski definition) is 2. The Labute approximate surface area is 152 Å². The van der Waals surface area contributed by atoms with Crippen LogP contribution in [0.5, 0.6) is 0 Å². The number of rotatable bonds is 9. The van der Waals surface area contributed by atoms with Crippen LogP contribution in [0.4, 0.5) is 0 Å². The van der Waals surface area contributed by atoms with Gasteiger partial charge in [-0.05, 0) is 32.1 Å². The van der Waals surface area contributed by atoms with Crippen molar-refractivity contribution in [2.45, 2.75) is 76.3 Å². The van der Waals surface area contributed by atoms with Gasteiger partial charge in [0.2, 0.25) is 0 Å². The predicted molar refractivity (Wildman–Crippen MR) is 102 cm³/mol. The number of methoxy groups -OCH3 is 1. The van der Waals surface area contributed by atoms with E-state index in [4.69, 9.17) is 0 Å². The van der Waals surface area contributed by atoms with E-state index in [1.165, 1.54) is 45.8 Å². The SMILES string of the molecule is CN=C(NCCCCCCC(=O)OC)NC1CCN(C2CCCC2)C1. The van der Waals surface area contributed by atoms with E-state index in [-0.39, 0.29) is 5.97 Å². The topological polar surface area (TPSA) is 66.0 Å². The predicted octanol–water partition coefficient (Wildman–Crippen LogP) is 2.29. The maximum Gasteiger partial charge on any atom is 0.305 e. The van der Waals surface area contributed by atoms with Crippen molar-refractivity contribution in [1.29, 1.82) is 0 Å². The fourth-order valence-electron chi connectivity index (χ4n) is 3.95. The van der Waals surface area contributed by atoms with Gasteiger partial charge >= 0.3 is 5.97 Å². The number of esters is 1. The number of unbranched alkanes of at least 4 members (excludes halogenated alkanes) is 3. The number of guanidine groups is 1. The summed E-state index contributed by atoms with van der Waals surface area (Å²) in [7, 11) is 3.29. The molecule has 0 aromatic carbocycles. The molecule has 2 rings (SSSR count). The lowest BCUT2D eigenvalue weighted by Crippen LogP contribution is -2.45. The van der Waals surface area contributed by atoms with Crippen LogP contribution >= 0.6 is 0 Å². The van der Waals surface area contributed by atoms with E-state index in [9.17, 15) is 4.79 Å². The van der Waals surface area contributed by atoms with Crippen LogP contribution in [0, 0.1) is 0 Å². The third-order valence-corrected chi connectivity index (χ3v) is 5.45. The van der Waals surface area contributed by atoms with Gasteiger partial charge < -0.3 is 15.4 Å². The van der Waals surface area contributed by atoms with Crippen molar-refractivity contribution in [2.24, 2.45) is 4.99 Å². The molecular weight excluding hydrogens is 316 g/mol. The molecule has 1 saturated heterocycles. The molecule has 6 heteroatoms. The Balaban J connectivity index is 1.53. The normalized spacial score (nSPS) is 22.3. The summed E-state index contributed by atoms with van der Waals surface area (Å²) in [4.78, 5) is 18.1. The maximum absolute atomic E-state index is 11.0. The summed E-state index contributed by atoms with van der Waals surface area (Å²) >= 11 is 0. The first kappa shape index (κ1) is 20.0. The van der Waals surface area contributed by atoms with Crippen molar-refractivity contribution in [3.8, 4) is 0 Å². The van der Waals surface area contributed by atoms with Crippen LogP contribution in [-0.2, 0) is 9.53 Å². The average molecular weight is 353 g/mol. The Hall–Kier alpha value is -1.30. The lowest BCUT2D eigenvalue weighted by molar-refractivity contribution is -0.140. The number of ether oxygens (including phenoxy) is 1. The summed E-state index contributed by atoms with van der Waals surface area (Å²) in [5.74, 6) is 0.818. The van der Waals surface area contributed by atoms with Gasteiger partial charge in [0.05, 0.1) is 7.11 Å². The molecular formula is C19H36N4O2. The van der Waals surface area contributed by atoms with Crippen molar-refractivity contribution < 1.29 is 9.53 Å². The first-order chi connectivity index (χ1) is 12.2. The van der Waals surface area contributed by atoms with Gasteiger partial charge in [-0.15, -0.1) is 0 Å². The molecule has 0 aromatic rings. The maximum atomic E-state index is 11.0. The van der Waals surface area contributed by atoms with E-state index in [0.29, 0.717) is 12.5 Å². The number of likely N-dealkylation sites (tertiary alicyclic amines) is 1. The largest absolute Gasteiger partial charge is 0.469 e. The second-order valence-electron chi connectivity index (χ2n) is 7.30. The summed E-state index contributed by atoms with van der Waals surface area (Å²) < 4.78 is 4.65. The summed E-state index contributed by atoms with van der Waals surface area (Å²) in [5, 5.41) is 7.00. The fraction of sp³-hybridized carbons (Fsp3) is 0.895. The number of carbonyl (C=O) groups excluding carboxylic acids is 1. The van der Waals surface area contributed by atoms with Crippen LogP contribution in [0.3, 0.4) is 0 Å². The molecule has 0 radical (unpaired) electrons. The third kappa shape index (κ3) is 7.22. The second-order valence-corrected chi connectivity index (χ2v) is 7.30. The number of nitrogens with one attached hydrogen (secondary N) is 2. The zero-order chi connectivity index (χ0) is 17.9. The molecule has 2 aliphatic rings. The number of carbonyl (C=O) groups is 1. The number of nitrogens with zero attached hydrogens (tertiary/aromatic N) is 2. The highest BCUT2D eigenvalue weighted by molar-refractivity contribution is 5.80. The molecule has 2 N–H and O–H groups in total. The van der Waals surface area contributed by atoms with Crippen LogP contribution < -0.4 is 10.6 Å². The molecule has 25 heavy (non-hydrogen) atoms. The highest BCUT2D eigenvalue weighted by atomic mass is 16.5. The van der Waals surface area contributed by atoms with Gasteiger partial charge in [0.15, 0.2) is 5.96 Å². The fourth-order valence-corrected chi connectivity index (χ4v) is 3.95. The first-order valence-corrected chi connectivity index (χ1v) is 10.0. The summed E-state index contributed by atoms with van der Waals surface area (Å²) in [5.41, 5.74) is 0. The minimum atomic E-state index is -0.106. The van der Waals surface area contributed by atoms with Crippen molar-refractivity contribution in [3.05, 3.63) is 0 Å². The molecule has 1 aliphatic heterocycles. The molecule has 0 aromatic heterocycles. The smallest absolute Gasteiger partial charge is 0.305 e. The van der Waals surface area contributed by atoms with Crippen molar-refractivity contribution in [1.82, 2.24) is 15.5 Å². The van der Waals surface area contributed by atoms with Gasteiger partial charge in [-0.3, -0.25) is 14.7 Å². The highest BCUT2D eigenvalue weighted by Crippen LogP contribution is 2.26. The molecule has 1 heterocycles. The molecule has 1 unspecified atom stereocenters. The van der Waals surface area contributed by atoms with Crippen molar-refractivity contribution in [2.75, 3.05) is 33.8 Å². The monoisotopic (exact) mass is 352 g/mol. The van der Waals surface area contributed by atoms with Crippen LogP contribution in [0.1, 0.15) is 64.2 Å². The molecule has 1 atom stereocenters. The lowest BCUT2D eigenvalue weighted by atomic mass is 10.1. The number of hydrogen-bond acceptors (Lipinski definition) is 4.